The molecule has 1 heterocycles. The summed E-state index contributed by atoms with van der Waals surface area (Å²) in [6.45, 7) is 4.78. The number of hydrogen-bond acceptors (Lipinski definition) is 5. The first-order valence-corrected chi connectivity index (χ1v) is 6.15. The van der Waals surface area contributed by atoms with Crippen molar-refractivity contribution in [3.63, 3.8) is 0 Å². The normalized spacial score (nSPS) is 10.5. The standard InChI is InChI=1S/C10H15N3O2S/c1-6(2)4-11-8-7(9(14)15)5-12-10(13-8)16-3/h5-6H,4H2,1-3H3,(H,14,15)(H,11,12,13). The van der Waals surface area contributed by atoms with Gasteiger partial charge in [-0.1, -0.05) is 25.6 Å². The van der Waals surface area contributed by atoms with Crippen molar-refractivity contribution in [3.8, 4) is 0 Å². The molecule has 88 valence electrons. The molecule has 0 saturated heterocycles. The van der Waals surface area contributed by atoms with Crippen molar-refractivity contribution in [1.29, 1.82) is 0 Å². The second-order valence-electron chi connectivity index (χ2n) is 3.70. The van der Waals surface area contributed by atoms with Crippen molar-refractivity contribution in [2.75, 3.05) is 18.1 Å². The van der Waals surface area contributed by atoms with Gasteiger partial charge in [0.25, 0.3) is 0 Å². The number of carboxylic acids is 1. The van der Waals surface area contributed by atoms with E-state index >= 15 is 0 Å². The molecule has 0 aromatic carbocycles. The molecule has 0 aliphatic carbocycles. The van der Waals surface area contributed by atoms with E-state index in [-0.39, 0.29) is 5.56 Å². The minimum atomic E-state index is -1.01. The summed E-state index contributed by atoms with van der Waals surface area (Å²) in [5, 5.41) is 12.6. The molecule has 1 aromatic rings. The fourth-order valence-electron chi connectivity index (χ4n) is 1.06. The highest BCUT2D eigenvalue weighted by Gasteiger charge is 2.13. The molecule has 0 amide bonds. The molecule has 0 radical (unpaired) electrons. The van der Waals surface area contributed by atoms with Crippen molar-refractivity contribution in [2.24, 2.45) is 5.92 Å². The summed E-state index contributed by atoms with van der Waals surface area (Å²) in [5.41, 5.74) is 0.110. The van der Waals surface area contributed by atoms with Crippen LogP contribution in [0.25, 0.3) is 0 Å². The lowest BCUT2D eigenvalue weighted by atomic mass is 10.2. The molecule has 0 aliphatic heterocycles. The van der Waals surface area contributed by atoms with E-state index in [9.17, 15) is 4.79 Å². The fraction of sp³-hybridized carbons (Fsp3) is 0.500. The van der Waals surface area contributed by atoms with E-state index in [0.717, 1.165) is 0 Å². The van der Waals surface area contributed by atoms with E-state index in [1.165, 1.54) is 18.0 Å². The number of nitrogens with one attached hydrogen (secondary N) is 1. The zero-order valence-corrected chi connectivity index (χ0v) is 10.3. The molecule has 0 fully saturated rings. The Hall–Kier alpha value is -1.30. The number of thioether (sulfide) groups is 1. The maximum atomic E-state index is 10.9. The lowest BCUT2D eigenvalue weighted by Gasteiger charge is -2.10. The van der Waals surface area contributed by atoms with Crippen LogP contribution in [0.4, 0.5) is 5.82 Å². The second kappa shape index (κ2) is 5.69. The molecule has 1 aromatic heterocycles. The Morgan fingerprint density at radius 3 is 2.81 bits per heavy atom. The first kappa shape index (κ1) is 12.8. The number of carbonyl (C=O) groups is 1. The van der Waals surface area contributed by atoms with Crippen LogP contribution in [-0.4, -0.2) is 33.8 Å². The van der Waals surface area contributed by atoms with E-state index < -0.39 is 5.97 Å². The Bertz CT molecular complexity index is 382. The van der Waals surface area contributed by atoms with E-state index in [0.29, 0.717) is 23.4 Å². The van der Waals surface area contributed by atoms with Crippen molar-refractivity contribution in [3.05, 3.63) is 11.8 Å². The molecule has 6 heteroatoms. The number of carboxylic acid groups (broad SMARTS) is 1. The molecule has 0 bridgehead atoms. The first-order valence-electron chi connectivity index (χ1n) is 4.92. The zero-order valence-electron chi connectivity index (χ0n) is 9.52. The maximum Gasteiger partial charge on any atom is 0.341 e. The van der Waals surface area contributed by atoms with Crippen molar-refractivity contribution in [1.82, 2.24) is 9.97 Å². The molecule has 5 nitrogen and oxygen atoms in total. The van der Waals surface area contributed by atoms with Crippen LogP contribution in [0.1, 0.15) is 24.2 Å². The van der Waals surface area contributed by atoms with Gasteiger partial charge in [0.15, 0.2) is 5.16 Å². The van der Waals surface area contributed by atoms with Crippen molar-refractivity contribution < 1.29 is 9.90 Å². The van der Waals surface area contributed by atoms with Crippen LogP contribution in [-0.2, 0) is 0 Å². The number of anilines is 1. The maximum absolute atomic E-state index is 10.9. The van der Waals surface area contributed by atoms with Crippen molar-refractivity contribution >= 4 is 23.5 Å². The topological polar surface area (TPSA) is 75.1 Å². The molecule has 0 unspecified atom stereocenters. The minimum Gasteiger partial charge on any atom is -0.477 e. The first-order chi connectivity index (χ1) is 7.54. The molecule has 0 spiro atoms. The van der Waals surface area contributed by atoms with Gasteiger partial charge in [-0.15, -0.1) is 0 Å². The van der Waals surface area contributed by atoms with Crippen LogP contribution in [0.15, 0.2) is 11.4 Å². The SMILES string of the molecule is CSc1ncc(C(=O)O)c(NCC(C)C)n1. The highest BCUT2D eigenvalue weighted by atomic mass is 32.2. The summed E-state index contributed by atoms with van der Waals surface area (Å²) in [6.07, 6.45) is 3.19. The highest BCUT2D eigenvalue weighted by molar-refractivity contribution is 7.98. The number of rotatable bonds is 5. The molecular formula is C10H15N3O2S. The average molecular weight is 241 g/mol. The number of aromatic nitrogens is 2. The van der Waals surface area contributed by atoms with Gasteiger partial charge in [-0.25, -0.2) is 14.8 Å². The Morgan fingerprint density at radius 1 is 1.62 bits per heavy atom. The molecule has 1 rings (SSSR count). The van der Waals surface area contributed by atoms with Gasteiger partial charge in [0.05, 0.1) is 0 Å². The predicted molar refractivity (Wildman–Crippen MR) is 64.1 cm³/mol. The van der Waals surface area contributed by atoms with Crippen molar-refractivity contribution in [2.45, 2.75) is 19.0 Å². The second-order valence-corrected chi connectivity index (χ2v) is 4.47. The summed E-state index contributed by atoms with van der Waals surface area (Å²) in [4.78, 5) is 19.0. The Morgan fingerprint density at radius 2 is 2.31 bits per heavy atom. The third-order valence-electron chi connectivity index (χ3n) is 1.86. The Kier molecular flexibility index (Phi) is 4.54. The smallest absolute Gasteiger partial charge is 0.341 e. The summed E-state index contributed by atoms with van der Waals surface area (Å²) >= 11 is 1.38. The third kappa shape index (κ3) is 3.37. The largest absolute Gasteiger partial charge is 0.477 e. The van der Waals surface area contributed by atoms with Crippen LogP contribution in [0, 0.1) is 5.92 Å². The molecular weight excluding hydrogens is 226 g/mol. The van der Waals surface area contributed by atoms with Crippen LogP contribution in [0.5, 0.6) is 0 Å². The van der Waals surface area contributed by atoms with Gasteiger partial charge in [-0.3, -0.25) is 0 Å². The van der Waals surface area contributed by atoms with Crippen LogP contribution in [0.3, 0.4) is 0 Å². The molecule has 0 atom stereocenters. The number of aromatic carboxylic acids is 1. The Labute approximate surface area is 98.7 Å². The molecule has 16 heavy (non-hydrogen) atoms. The zero-order chi connectivity index (χ0) is 12.1. The lowest BCUT2D eigenvalue weighted by Crippen LogP contribution is -2.14. The molecule has 0 saturated carbocycles. The average Bonchev–Trinajstić information content (AvgIpc) is 2.25. The van der Waals surface area contributed by atoms with Crippen LogP contribution >= 0.6 is 11.8 Å². The van der Waals surface area contributed by atoms with Gasteiger partial charge in [0.1, 0.15) is 11.4 Å². The van der Waals surface area contributed by atoms with Gasteiger partial charge in [-0.05, 0) is 12.2 Å². The molecule has 0 aliphatic rings. The van der Waals surface area contributed by atoms with E-state index in [2.05, 4.69) is 15.3 Å². The van der Waals surface area contributed by atoms with E-state index in [4.69, 9.17) is 5.11 Å². The van der Waals surface area contributed by atoms with Gasteiger partial charge < -0.3 is 10.4 Å². The van der Waals surface area contributed by atoms with E-state index in [1.54, 1.807) is 0 Å². The lowest BCUT2D eigenvalue weighted by molar-refractivity contribution is 0.0697. The van der Waals surface area contributed by atoms with Crippen LogP contribution < -0.4 is 5.32 Å². The van der Waals surface area contributed by atoms with Gasteiger partial charge in [0.2, 0.25) is 0 Å². The number of nitrogens with zero attached hydrogens (tertiary/aromatic N) is 2. The van der Waals surface area contributed by atoms with E-state index in [1.807, 2.05) is 20.1 Å². The minimum absolute atomic E-state index is 0.110. The Balaban J connectivity index is 2.96. The highest BCUT2D eigenvalue weighted by Crippen LogP contribution is 2.16. The molecule has 2 N–H and O–H groups in total. The fourth-order valence-corrected chi connectivity index (χ4v) is 1.40. The summed E-state index contributed by atoms with van der Waals surface area (Å²) in [7, 11) is 0. The number of hydrogen-bond donors (Lipinski definition) is 2. The third-order valence-corrected chi connectivity index (χ3v) is 2.42. The summed E-state index contributed by atoms with van der Waals surface area (Å²) < 4.78 is 0. The summed E-state index contributed by atoms with van der Waals surface area (Å²) in [5.74, 6) is -0.200. The van der Waals surface area contributed by atoms with Gasteiger partial charge in [-0.2, -0.15) is 0 Å². The monoisotopic (exact) mass is 241 g/mol. The van der Waals surface area contributed by atoms with Crippen LogP contribution in [0.2, 0.25) is 0 Å². The summed E-state index contributed by atoms with van der Waals surface area (Å²) in [6, 6.07) is 0. The van der Waals surface area contributed by atoms with Gasteiger partial charge in [0, 0.05) is 12.7 Å². The quantitative estimate of drug-likeness (QED) is 0.606. The predicted octanol–water partition coefficient (Wildman–Crippen LogP) is 1.96. The van der Waals surface area contributed by atoms with Gasteiger partial charge >= 0.3 is 5.97 Å².